The molecule has 0 N–H and O–H groups in total. The summed E-state index contributed by atoms with van der Waals surface area (Å²) in [6.07, 6.45) is 7.67. The molecule has 2 heteroatoms. The average Bonchev–Trinajstić information content (AvgIpc) is 2.55. The van der Waals surface area contributed by atoms with Gasteiger partial charge in [0.05, 0.1) is 6.61 Å². The molecule has 0 bridgehead atoms. The molecule has 12 heavy (non-hydrogen) atoms. The van der Waals surface area contributed by atoms with Crippen LogP contribution in [0.1, 0.15) is 26.2 Å². The second kappa shape index (κ2) is 4.88. The van der Waals surface area contributed by atoms with Crippen molar-refractivity contribution in [3.05, 3.63) is 12.2 Å². The van der Waals surface area contributed by atoms with Gasteiger partial charge < -0.3 is 4.74 Å². The van der Waals surface area contributed by atoms with E-state index in [2.05, 4.69) is 19.1 Å². The molecule has 70 valence electrons. The van der Waals surface area contributed by atoms with Crippen LogP contribution in [0.5, 0.6) is 0 Å². The van der Waals surface area contributed by atoms with Crippen LogP contribution in [-0.4, -0.2) is 19.1 Å². The molecule has 0 unspecified atom stereocenters. The van der Waals surface area contributed by atoms with Gasteiger partial charge >= 0.3 is 0 Å². The summed E-state index contributed by atoms with van der Waals surface area (Å²) in [5, 5.41) is 0. The molecule has 1 rings (SSSR count). The SMILES string of the molecule is CCCOCC1(CCl)CC=CC1. The summed E-state index contributed by atoms with van der Waals surface area (Å²) in [5.74, 6) is 0.712. The summed E-state index contributed by atoms with van der Waals surface area (Å²) >= 11 is 5.92. The Hall–Kier alpha value is -0.0100. The van der Waals surface area contributed by atoms with Gasteiger partial charge in [0.1, 0.15) is 0 Å². The van der Waals surface area contributed by atoms with Crippen LogP contribution in [0.4, 0.5) is 0 Å². The van der Waals surface area contributed by atoms with Crippen LogP contribution in [0.2, 0.25) is 0 Å². The van der Waals surface area contributed by atoms with Crippen molar-refractivity contribution in [2.45, 2.75) is 26.2 Å². The summed E-state index contributed by atoms with van der Waals surface area (Å²) in [5.41, 5.74) is 0.219. The first-order valence-corrected chi connectivity index (χ1v) is 5.15. The van der Waals surface area contributed by atoms with Gasteiger partial charge in [-0.05, 0) is 19.3 Å². The molecular weight excluding hydrogens is 172 g/mol. The molecule has 0 radical (unpaired) electrons. The molecule has 0 aromatic carbocycles. The first kappa shape index (κ1) is 10.1. The maximum atomic E-state index is 5.92. The number of allylic oxidation sites excluding steroid dienone is 2. The van der Waals surface area contributed by atoms with Crippen LogP contribution in [0.15, 0.2) is 12.2 Å². The number of hydrogen-bond acceptors (Lipinski definition) is 1. The molecule has 1 nitrogen and oxygen atoms in total. The van der Waals surface area contributed by atoms with E-state index >= 15 is 0 Å². The second-order valence-corrected chi connectivity index (χ2v) is 3.83. The Morgan fingerprint density at radius 3 is 2.58 bits per heavy atom. The van der Waals surface area contributed by atoms with Gasteiger partial charge in [-0.15, -0.1) is 11.6 Å². The van der Waals surface area contributed by atoms with Crippen LogP contribution in [0.3, 0.4) is 0 Å². The summed E-state index contributed by atoms with van der Waals surface area (Å²) in [6, 6.07) is 0. The highest BCUT2D eigenvalue weighted by molar-refractivity contribution is 6.18. The Balaban J connectivity index is 2.25. The fourth-order valence-corrected chi connectivity index (χ4v) is 1.74. The van der Waals surface area contributed by atoms with E-state index in [1.54, 1.807) is 0 Å². The quantitative estimate of drug-likeness (QED) is 0.366. The minimum atomic E-state index is 0.219. The van der Waals surface area contributed by atoms with E-state index < -0.39 is 0 Å². The predicted molar refractivity (Wildman–Crippen MR) is 52.6 cm³/mol. The Labute approximate surface area is 79.7 Å². The molecule has 0 aromatic heterocycles. The topological polar surface area (TPSA) is 9.23 Å². The molecule has 1 aliphatic carbocycles. The number of halogens is 1. The largest absolute Gasteiger partial charge is 0.381 e. The van der Waals surface area contributed by atoms with E-state index in [1.807, 2.05) is 0 Å². The van der Waals surface area contributed by atoms with Crippen LogP contribution >= 0.6 is 11.6 Å². The molecule has 1 aliphatic rings. The normalized spacial score (nSPS) is 20.2. The number of alkyl halides is 1. The van der Waals surface area contributed by atoms with Crippen molar-refractivity contribution in [2.24, 2.45) is 5.41 Å². The molecule has 0 amide bonds. The molecule has 0 fully saturated rings. The fraction of sp³-hybridized carbons (Fsp3) is 0.800. The minimum Gasteiger partial charge on any atom is -0.381 e. The van der Waals surface area contributed by atoms with Gasteiger partial charge in [0.25, 0.3) is 0 Å². The molecule has 0 aromatic rings. The van der Waals surface area contributed by atoms with Crippen molar-refractivity contribution in [1.82, 2.24) is 0 Å². The number of ether oxygens (including phenoxy) is 1. The average molecular weight is 189 g/mol. The Morgan fingerprint density at radius 1 is 1.42 bits per heavy atom. The minimum absolute atomic E-state index is 0.219. The monoisotopic (exact) mass is 188 g/mol. The number of hydrogen-bond donors (Lipinski definition) is 0. The van der Waals surface area contributed by atoms with Gasteiger partial charge in [-0.1, -0.05) is 19.1 Å². The van der Waals surface area contributed by atoms with Gasteiger partial charge in [-0.25, -0.2) is 0 Å². The summed E-state index contributed by atoms with van der Waals surface area (Å²) < 4.78 is 5.54. The lowest BCUT2D eigenvalue weighted by atomic mass is 9.89. The zero-order valence-corrected chi connectivity index (χ0v) is 8.44. The van der Waals surface area contributed by atoms with E-state index in [0.717, 1.165) is 32.5 Å². The van der Waals surface area contributed by atoms with Gasteiger partial charge in [0.15, 0.2) is 0 Å². The van der Waals surface area contributed by atoms with Gasteiger partial charge in [-0.2, -0.15) is 0 Å². The lowest BCUT2D eigenvalue weighted by molar-refractivity contribution is 0.0616. The maximum absolute atomic E-state index is 5.92. The predicted octanol–water partition coefficient (Wildman–Crippen LogP) is 2.99. The van der Waals surface area contributed by atoms with Gasteiger partial charge in [0, 0.05) is 17.9 Å². The third-order valence-corrected chi connectivity index (χ3v) is 2.88. The Bertz CT molecular complexity index is 146. The molecule has 0 saturated heterocycles. The summed E-state index contributed by atoms with van der Waals surface area (Å²) in [7, 11) is 0. The van der Waals surface area contributed by atoms with E-state index in [0.29, 0.717) is 5.88 Å². The van der Waals surface area contributed by atoms with Crippen molar-refractivity contribution in [3.63, 3.8) is 0 Å². The van der Waals surface area contributed by atoms with Crippen LogP contribution in [-0.2, 0) is 4.74 Å². The standard InChI is InChI=1S/C10H17ClO/c1-2-7-12-9-10(8-11)5-3-4-6-10/h3-4H,2,5-9H2,1H3. The molecule has 0 spiro atoms. The van der Waals surface area contributed by atoms with E-state index in [4.69, 9.17) is 16.3 Å². The van der Waals surface area contributed by atoms with E-state index in [9.17, 15) is 0 Å². The lowest BCUT2D eigenvalue weighted by Crippen LogP contribution is -2.26. The number of rotatable bonds is 5. The van der Waals surface area contributed by atoms with Gasteiger partial charge in [0.2, 0.25) is 0 Å². The first-order chi connectivity index (χ1) is 5.83. The highest BCUT2D eigenvalue weighted by Gasteiger charge is 2.30. The van der Waals surface area contributed by atoms with Crippen molar-refractivity contribution < 1.29 is 4.74 Å². The summed E-state index contributed by atoms with van der Waals surface area (Å²) in [4.78, 5) is 0. The van der Waals surface area contributed by atoms with Crippen LogP contribution in [0.25, 0.3) is 0 Å². The highest BCUT2D eigenvalue weighted by Crippen LogP contribution is 2.34. The third-order valence-electron chi connectivity index (χ3n) is 2.31. The molecule has 0 heterocycles. The second-order valence-electron chi connectivity index (χ2n) is 3.57. The van der Waals surface area contributed by atoms with Crippen LogP contribution in [0, 0.1) is 5.41 Å². The molecule has 0 aliphatic heterocycles. The Kier molecular flexibility index (Phi) is 4.10. The van der Waals surface area contributed by atoms with Gasteiger partial charge in [-0.3, -0.25) is 0 Å². The molecule has 0 atom stereocenters. The van der Waals surface area contributed by atoms with Crippen molar-refractivity contribution >= 4 is 11.6 Å². The first-order valence-electron chi connectivity index (χ1n) is 4.62. The van der Waals surface area contributed by atoms with Crippen molar-refractivity contribution in [3.8, 4) is 0 Å². The summed E-state index contributed by atoms with van der Waals surface area (Å²) in [6.45, 7) is 3.80. The van der Waals surface area contributed by atoms with Crippen molar-refractivity contribution in [1.29, 1.82) is 0 Å². The molecular formula is C10H17ClO. The van der Waals surface area contributed by atoms with Crippen LogP contribution < -0.4 is 0 Å². The molecule has 0 saturated carbocycles. The maximum Gasteiger partial charge on any atom is 0.0539 e. The highest BCUT2D eigenvalue weighted by atomic mass is 35.5. The van der Waals surface area contributed by atoms with E-state index in [1.165, 1.54) is 0 Å². The lowest BCUT2D eigenvalue weighted by Gasteiger charge is -2.25. The zero-order chi connectivity index (χ0) is 8.86. The third kappa shape index (κ3) is 2.49. The van der Waals surface area contributed by atoms with E-state index in [-0.39, 0.29) is 5.41 Å². The smallest absolute Gasteiger partial charge is 0.0539 e. The fourth-order valence-electron chi connectivity index (χ4n) is 1.45. The van der Waals surface area contributed by atoms with Crippen molar-refractivity contribution in [2.75, 3.05) is 19.1 Å². The Morgan fingerprint density at radius 2 is 2.08 bits per heavy atom. The zero-order valence-electron chi connectivity index (χ0n) is 7.68.